The van der Waals surface area contributed by atoms with E-state index in [1.54, 1.807) is 30.5 Å². The van der Waals surface area contributed by atoms with Crippen LogP contribution in [0.5, 0.6) is 0 Å². The van der Waals surface area contributed by atoms with E-state index in [4.69, 9.17) is 5.10 Å². The fourth-order valence-electron chi connectivity index (χ4n) is 3.85. The molecule has 1 aromatic carbocycles. The van der Waals surface area contributed by atoms with Crippen LogP contribution in [0.1, 0.15) is 46.7 Å². The minimum absolute atomic E-state index is 0.178. The first-order valence-electron chi connectivity index (χ1n) is 10.4. The third-order valence-corrected chi connectivity index (χ3v) is 6.28. The van der Waals surface area contributed by atoms with Gasteiger partial charge in [0.2, 0.25) is 5.91 Å². The molecule has 9 heteroatoms. The van der Waals surface area contributed by atoms with E-state index in [-0.39, 0.29) is 11.5 Å². The molecule has 0 unspecified atom stereocenters. The van der Waals surface area contributed by atoms with Crippen molar-refractivity contribution in [3.8, 4) is 16.3 Å². The van der Waals surface area contributed by atoms with Crippen molar-refractivity contribution in [1.29, 1.82) is 0 Å². The molecule has 1 aliphatic rings. The predicted octanol–water partition coefficient (Wildman–Crippen LogP) is 4.57. The lowest BCUT2D eigenvalue weighted by Crippen LogP contribution is -2.08. The van der Waals surface area contributed by atoms with E-state index in [9.17, 15) is 14.7 Å². The maximum absolute atomic E-state index is 11.6. The highest BCUT2D eigenvalue weighted by molar-refractivity contribution is 7.19. The summed E-state index contributed by atoms with van der Waals surface area (Å²) in [7, 11) is 0. The monoisotopic (exact) mass is 461 g/mol. The number of aromatic carboxylic acids is 1. The molecular weight excluding hydrogens is 438 g/mol. The van der Waals surface area contributed by atoms with Crippen LogP contribution in [0, 0.1) is 6.92 Å². The number of fused-ring (bicyclic) bond motifs is 3. The number of allylic oxidation sites excluding steroid dienone is 2. The second-order valence-electron chi connectivity index (χ2n) is 7.57. The van der Waals surface area contributed by atoms with Crippen LogP contribution >= 0.6 is 11.3 Å². The summed E-state index contributed by atoms with van der Waals surface area (Å²) in [6, 6.07) is 4.96. The second kappa shape index (κ2) is 8.95. The first kappa shape index (κ1) is 22.3. The number of nitrogens with one attached hydrogen (secondary N) is 1. The Morgan fingerprint density at radius 2 is 2.12 bits per heavy atom. The minimum atomic E-state index is -0.982. The van der Waals surface area contributed by atoms with E-state index in [0.717, 1.165) is 38.8 Å². The molecule has 33 heavy (non-hydrogen) atoms. The number of aliphatic imine (C=N–C) groups is 1. The number of thiazole rings is 1. The number of aromatic nitrogens is 3. The second-order valence-corrected chi connectivity index (χ2v) is 8.57. The molecule has 0 saturated carbocycles. The standard InChI is InChI=1S/C24H23N5O3S/c1-5-11-25-17(6-2)20-16-8-9-18-22(33-24(27-18)26-14(4)30)21(16)29(28-20)19-10-7-15(23(31)32)12-13(19)3/h5-7,10-12H,2,8-9H2,1,3-4H3,(H,31,32)(H,26,27,30)/b11-5-,25-17+. The molecule has 2 N–H and O–H groups in total. The average Bonchev–Trinajstić information content (AvgIpc) is 3.34. The summed E-state index contributed by atoms with van der Waals surface area (Å²) in [6.45, 7) is 9.11. The van der Waals surface area contributed by atoms with Crippen molar-refractivity contribution in [3.05, 3.63) is 71.2 Å². The summed E-state index contributed by atoms with van der Waals surface area (Å²) in [5.41, 5.74) is 5.92. The molecule has 0 spiro atoms. The maximum atomic E-state index is 11.6. The van der Waals surface area contributed by atoms with E-state index in [2.05, 4.69) is 21.9 Å². The summed E-state index contributed by atoms with van der Waals surface area (Å²) in [6.07, 6.45) is 6.63. The lowest BCUT2D eigenvalue weighted by atomic mass is 9.96. The Bertz CT molecular complexity index is 1350. The Hall–Kier alpha value is -3.85. The van der Waals surface area contributed by atoms with Gasteiger partial charge in [-0.25, -0.2) is 14.5 Å². The Morgan fingerprint density at radius 3 is 2.76 bits per heavy atom. The quantitative estimate of drug-likeness (QED) is 0.523. The molecule has 0 saturated heterocycles. The fourth-order valence-corrected chi connectivity index (χ4v) is 4.96. The SMILES string of the molecule is C=C/C(=N\C=C/C)c1nn(-c2ccc(C(=O)O)cc2C)c2c1CCc1nc(NC(C)=O)sc1-2. The van der Waals surface area contributed by atoms with E-state index < -0.39 is 5.97 Å². The van der Waals surface area contributed by atoms with Crippen molar-refractivity contribution < 1.29 is 14.7 Å². The van der Waals surface area contributed by atoms with Crippen LogP contribution < -0.4 is 5.32 Å². The number of aryl methyl sites for hydroxylation is 2. The first-order valence-corrected chi connectivity index (χ1v) is 11.2. The van der Waals surface area contributed by atoms with Gasteiger partial charge in [0.1, 0.15) is 5.69 Å². The molecule has 2 aromatic heterocycles. The molecule has 0 radical (unpaired) electrons. The molecule has 1 amide bonds. The predicted molar refractivity (Wildman–Crippen MR) is 130 cm³/mol. The van der Waals surface area contributed by atoms with Crippen LogP contribution in [-0.4, -0.2) is 37.5 Å². The van der Waals surface area contributed by atoms with Gasteiger partial charge in [-0.05, 0) is 56.5 Å². The van der Waals surface area contributed by atoms with Crippen molar-refractivity contribution in [2.24, 2.45) is 4.99 Å². The maximum Gasteiger partial charge on any atom is 0.335 e. The van der Waals surface area contributed by atoms with E-state index in [0.29, 0.717) is 23.7 Å². The number of carboxylic acid groups (broad SMARTS) is 1. The zero-order chi connectivity index (χ0) is 23.7. The third-order valence-electron chi connectivity index (χ3n) is 5.26. The number of rotatable bonds is 6. The number of carboxylic acids is 1. The van der Waals surface area contributed by atoms with Gasteiger partial charge in [-0.15, -0.1) is 0 Å². The largest absolute Gasteiger partial charge is 0.478 e. The minimum Gasteiger partial charge on any atom is -0.478 e. The molecule has 4 rings (SSSR count). The molecular formula is C24H23N5O3S. The number of anilines is 1. The molecule has 8 nitrogen and oxygen atoms in total. The van der Waals surface area contributed by atoms with Gasteiger partial charge < -0.3 is 10.4 Å². The van der Waals surface area contributed by atoms with Crippen LogP contribution in [-0.2, 0) is 17.6 Å². The molecule has 0 aliphatic heterocycles. The van der Waals surface area contributed by atoms with Gasteiger partial charge in [0, 0.05) is 18.7 Å². The number of hydrogen-bond donors (Lipinski definition) is 2. The molecule has 0 bridgehead atoms. The smallest absolute Gasteiger partial charge is 0.335 e. The number of carbonyl (C=O) groups excluding carboxylic acids is 1. The third kappa shape index (κ3) is 4.14. The Morgan fingerprint density at radius 1 is 1.33 bits per heavy atom. The summed E-state index contributed by atoms with van der Waals surface area (Å²) in [4.78, 5) is 33.0. The number of nitrogens with zero attached hydrogens (tertiary/aromatic N) is 4. The van der Waals surface area contributed by atoms with Gasteiger partial charge in [-0.1, -0.05) is 24.0 Å². The van der Waals surface area contributed by atoms with Crippen LogP contribution in [0.25, 0.3) is 16.3 Å². The zero-order valence-corrected chi connectivity index (χ0v) is 19.4. The summed E-state index contributed by atoms with van der Waals surface area (Å²) >= 11 is 1.40. The highest BCUT2D eigenvalue weighted by atomic mass is 32.1. The average molecular weight is 462 g/mol. The highest BCUT2D eigenvalue weighted by Crippen LogP contribution is 2.42. The number of benzene rings is 1. The van der Waals surface area contributed by atoms with Gasteiger partial charge >= 0.3 is 5.97 Å². The van der Waals surface area contributed by atoms with Gasteiger partial charge in [0.25, 0.3) is 0 Å². The lowest BCUT2D eigenvalue weighted by molar-refractivity contribution is -0.114. The number of amides is 1. The van der Waals surface area contributed by atoms with E-state index in [1.807, 2.05) is 24.6 Å². The van der Waals surface area contributed by atoms with Gasteiger partial charge in [0.15, 0.2) is 5.13 Å². The Balaban J connectivity index is 1.98. The number of hydrogen-bond acceptors (Lipinski definition) is 6. The first-order chi connectivity index (χ1) is 15.8. The van der Waals surface area contributed by atoms with Crippen molar-refractivity contribution in [1.82, 2.24) is 14.8 Å². The van der Waals surface area contributed by atoms with Crippen molar-refractivity contribution in [2.45, 2.75) is 33.6 Å². The molecule has 0 atom stereocenters. The van der Waals surface area contributed by atoms with Crippen molar-refractivity contribution in [2.75, 3.05) is 5.32 Å². The summed E-state index contributed by atoms with van der Waals surface area (Å²) < 4.78 is 1.83. The van der Waals surface area contributed by atoms with Crippen LogP contribution in [0.4, 0.5) is 5.13 Å². The summed E-state index contributed by atoms with van der Waals surface area (Å²) in [5.74, 6) is -1.16. The van der Waals surface area contributed by atoms with Crippen molar-refractivity contribution in [3.63, 3.8) is 0 Å². The van der Waals surface area contributed by atoms with Gasteiger partial charge in [-0.2, -0.15) is 5.10 Å². The molecule has 2 heterocycles. The highest BCUT2D eigenvalue weighted by Gasteiger charge is 2.30. The zero-order valence-electron chi connectivity index (χ0n) is 18.5. The Kier molecular flexibility index (Phi) is 6.06. The molecule has 168 valence electrons. The van der Waals surface area contributed by atoms with Gasteiger partial charge in [0.05, 0.1) is 33.2 Å². The van der Waals surface area contributed by atoms with E-state index >= 15 is 0 Å². The van der Waals surface area contributed by atoms with E-state index in [1.165, 1.54) is 18.3 Å². The Labute approximate surface area is 195 Å². The number of carbonyl (C=O) groups is 2. The molecule has 3 aromatic rings. The molecule has 1 aliphatic carbocycles. The topological polar surface area (TPSA) is 109 Å². The normalized spacial score (nSPS) is 13.0. The van der Waals surface area contributed by atoms with Crippen LogP contribution in [0.3, 0.4) is 0 Å². The summed E-state index contributed by atoms with van der Waals surface area (Å²) in [5, 5.41) is 17.6. The fraction of sp³-hybridized carbons (Fsp3) is 0.208. The lowest BCUT2D eigenvalue weighted by Gasteiger charge is -2.15. The van der Waals surface area contributed by atoms with Gasteiger partial charge in [-0.3, -0.25) is 9.79 Å². The molecule has 0 fully saturated rings. The van der Waals surface area contributed by atoms with Crippen molar-refractivity contribution >= 4 is 34.1 Å². The van der Waals surface area contributed by atoms with Crippen LogP contribution in [0.15, 0.2) is 48.1 Å². The van der Waals surface area contributed by atoms with Crippen LogP contribution in [0.2, 0.25) is 0 Å².